The van der Waals surface area contributed by atoms with Crippen molar-refractivity contribution in [3.8, 4) is 0 Å². The lowest BCUT2D eigenvalue weighted by molar-refractivity contribution is 0.215. The molecule has 0 aromatic heterocycles. The monoisotopic (exact) mass is 154 g/mol. The van der Waals surface area contributed by atoms with E-state index in [0.717, 1.165) is 0 Å². The summed E-state index contributed by atoms with van der Waals surface area (Å²) in [6, 6.07) is 0.851. The molecular formula is C9H18N2. The van der Waals surface area contributed by atoms with Gasteiger partial charge in [-0.05, 0) is 30.1 Å². The molecule has 2 bridgehead atoms. The van der Waals surface area contributed by atoms with Gasteiger partial charge >= 0.3 is 0 Å². The number of nitrogens with two attached hydrogens (primary N) is 2. The highest BCUT2D eigenvalue weighted by molar-refractivity contribution is 5.06. The van der Waals surface area contributed by atoms with Crippen molar-refractivity contribution >= 4 is 0 Å². The van der Waals surface area contributed by atoms with E-state index in [1.165, 1.54) is 6.42 Å². The lowest BCUT2D eigenvalue weighted by Gasteiger charge is -2.34. The number of rotatable bonds is 0. The molecule has 5 unspecified atom stereocenters. The first-order valence-electron chi connectivity index (χ1n) is 4.64. The molecule has 2 saturated carbocycles. The van der Waals surface area contributed by atoms with Crippen LogP contribution >= 0.6 is 0 Å². The van der Waals surface area contributed by atoms with Gasteiger partial charge in [-0.3, -0.25) is 0 Å². The summed E-state index contributed by atoms with van der Waals surface area (Å²) in [6.45, 7) is 4.50. The molecule has 2 rings (SSSR count). The molecule has 0 heterocycles. The molecule has 2 nitrogen and oxygen atoms in total. The maximum Gasteiger partial charge on any atom is 0.00994 e. The van der Waals surface area contributed by atoms with E-state index in [1.54, 1.807) is 0 Å². The molecule has 0 amide bonds. The molecule has 0 saturated heterocycles. The maximum atomic E-state index is 6.06. The average molecular weight is 154 g/mol. The van der Waals surface area contributed by atoms with E-state index in [4.69, 9.17) is 11.5 Å². The van der Waals surface area contributed by atoms with Gasteiger partial charge in [-0.15, -0.1) is 0 Å². The fraction of sp³-hybridized carbons (Fsp3) is 1.00. The smallest absolute Gasteiger partial charge is 0.00994 e. The van der Waals surface area contributed by atoms with Crippen LogP contribution in [0.2, 0.25) is 0 Å². The van der Waals surface area contributed by atoms with Crippen molar-refractivity contribution in [1.29, 1.82) is 0 Å². The molecule has 6 atom stereocenters. The van der Waals surface area contributed by atoms with Gasteiger partial charge in [0, 0.05) is 12.1 Å². The molecule has 0 aromatic rings. The predicted molar refractivity (Wildman–Crippen MR) is 45.9 cm³/mol. The summed E-state index contributed by atoms with van der Waals surface area (Å²) in [5.41, 5.74) is 12.1. The highest BCUT2D eigenvalue weighted by atomic mass is 14.8. The molecule has 0 aromatic carbocycles. The van der Waals surface area contributed by atoms with Gasteiger partial charge in [0.25, 0.3) is 0 Å². The van der Waals surface area contributed by atoms with E-state index in [0.29, 0.717) is 35.8 Å². The van der Waals surface area contributed by atoms with Crippen LogP contribution in [0.1, 0.15) is 20.3 Å². The summed E-state index contributed by atoms with van der Waals surface area (Å²) in [5, 5.41) is 0. The summed E-state index contributed by atoms with van der Waals surface area (Å²) < 4.78 is 0. The third-order valence-electron chi connectivity index (χ3n) is 4.10. The van der Waals surface area contributed by atoms with Crippen molar-refractivity contribution < 1.29 is 0 Å². The molecule has 11 heavy (non-hydrogen) atoms. The van der Waals surface area contributed by atoms with Crippen molar-refractivity contribution in [2.45, 2.75) is 32.4 Å². The van der Waals surface area contributed by atoms with E-state index in [1.807, 2.05) is 0 Å². The standard InChI is InChI=1S/C9H18N2/c1-4-6-3-7(8(4)10)5(2)9(6)11/h4-9H,3,10-11H2,1-2H3/t4-,5?,6?,7?,8?,9?/m1/s1. The zero-order valence-electron chi connectivity index (χ0n) is 7.33. The van der Waals surface area contributed by atoms with Gasteiger partial charge < -0.3 is 11.5 Å². The Hall–Kier alpha value is -0.0800. The largest absolute Gasteiger partial charge is 0.327 e. The van der Waals surface area contributed by atoms with Gasteiger partial charge in [0.05, 0.1) is 0 Å². The first-order valence-corrected chi connectivity index (χ1v) is 4.64. The summed E-state index contributed by atoms with van der Waals surface area (Å²) >= 11 is 0. The molecule has 2 heteroatoms. The highest BCUT2D eigenvalue weighted by Gasteiger charge is 2.51. The van der Waals surface area contributed by atoms with Crippen LogP contribution in [0, 0.1) is 23.7 Å². The maximum absolute atomic E-state index is 6.06. The Kier molecular flexibility index (Phi) is 1.52. The second-order valence-electron chi connectivity index (χ2n) is 4.44. The van der Waals surface area contributed by atoms with Crippen LogP contribution in [0.3, 0.4) is 0 Å². The highest BCUT2D eigenvalue weighted by Crippen LogP contribution is 2.49. The minimum absolute atomic E-state index is 0.426. The molecule has 0 spiro atoms. The van der Waals surface area contributed by atoms with Crippen molar-refractivity contribution in [3.05, 3.63) is 0 Å². The molecule has 0 radical (unpaired) electrons. The molecular weight excluding hydrogens is 136 g/mol. The molecule has 2 fully saturated rings. The Morgan fingerprint density at radius 2 is 1.27 bits per heavy atom. The summed E-state index contributed by atoms with van der Waals surface area (Å²) in [7, 11) is 0. The number of hydrogen-bond acceptors (Lipinski definition) is 2. The van der Waals surface area contributed by atoms with E-state index in [9.17, 15) is 0 Å². The quantitative estimate of drug-likeness (QED) is 0.536. The van der Waals surface area contributed by atoms with Crippen molar-refractivity contribution in [3.63, 3.8) is 0 Å². The molecule has 2 aliphatic rings. The first-order chi connectivity index (χ1) is 5.13. The molecule has 4 N–H and O–H groups in total. The van der Waals surface area contributed by atoms with E-state index in [-0.39, 0.29) is 0 Å². The van der Waals surface area contributed by atoms with E-state index < -0.39 is 0 Å². The second kappa shape index (κ2) is 2.20. The third-order valence-corrected chi connectivity index (χ3v) is 4.10. The van der Waals surface area contributed by atoms with Crippen LogP contribution in [-0.4, -0.2) is 12.1 Å². The summed E-state index contributed by atoms with van der Waals surface area (Å²) in [4.78, 5) is 0. The Bertz CT molecular complexity index is 135. The summed E-state index contributed by atoms with van der Waals surface area (Å²) in [5.74, 6) is 2.74. The fourth-order valence-corrected chi connectivity index (χ4v) is 3.11. The van der Waals surface area contributed by atoms with Gasteiger partial charge in [0.1, 0.15) is 0 Å². The third kappa shape index (κ3) is 0.798. The van der Waals surface area contributed by atoms with Crippen LogP contribution in [0.5, 0.6) is 0 Å². The van der Waals surface area contributed by atoms with Crippen molar-refractivity contribution in [2.75, 3.05) is 0 Å². The predicted octanol–water partition coefficient (Wildman–Crippen LogP) is 0.563. The minimum Gasteiger partial charge on any atom is -0.327 e. The number of hydrogen-bond donors (Lipinski definition) is 2. The zero-order chi connectivity index (χ0) is 8.17. The first kappa shape index (κ1) is 7.56. The Labute approximate surface area is 68.3 Å². The van der Waals surface area contributed by atoms with Gasteiger partial charge in [-0.25, -0.2) is 0 Å². The lowest BCUT2D eigenvalue weighted by atomic mass is 9.77. The Balaban J connectivity index is 2.21. The van der Waals surface area contributed by atoms with E-state index >= 15 is 0 Å². The van der Waals surface area contributed by atoms with Crippen LogP contribution in [0.15, 0.2) is 0 Å². The molecule has 0 aliphatic heterocycles. The minimum atomic E-state index is 0.426. The van der Waals surface area contributed by atoms with E-state index in [2.05, 4.69) is 13.8 Å². The molecule has 64 valence electrons. The van der Waals surface area contributed by atoms with Crippen LogP contribution in [-0.2, 0) is 0 Å². The Morgan fingerprint density at radius 3 is 1.55 bits per heavy atom. The molecule has 2 aliphatic carbocycles. The second-order valence-corrected chi connectivity index (χ2v) is 4.44. The SMILES string of the molecule is CC1C(N)C2CC1C(N)[C@@H]2C. The summed E-state index contributed by atoms with van der Waals surface area (Å²) in [6.07, 6.45) is 1.28. The zero-order valence-corrected chi connectivity index (χ0v) is 7.33. The number of fused-ring (bicyclic) bond motifs is 2. The lowest BCUT2D eigenvalue weighted by Crippen LogP contribution is -2.47. The van der Waals surface area contributed by atoms with Crippen molar-refractivity contribution in [2.24, 2.45) is 35.1 Å². The average Bonchev–Trinajstić information content (AvgIpc) is 2.40. The normalized spacial score (nSPS) is 62.2. The van der Waals surface area contributed by atoms with Gasteiger partial charge in [-0.1, -0.05) is 13.8 Å². The van der Waals surface area contributed by atoms with Gasteiger partial charge in [0.2, 0.25) is 0 Å². The fourth-order valence-electron chi connectivity index (χ4n) is 3.11. The Morgan fingerprint density at radius 1 is 0.909 bits per heavy atom. The van der Waals surface area contributed by atoms with Crippen molar-refractivity contribution in [1.82, 2.24) is 0 Å². The van der Waals surface area contributed by atoms with Crippen LogP contribution in [0.25, 0.3) is 0 Å². The van der Waals surface area contributed by atoms with Crippen LogP contribution in [0.4, 0.5) is 0 Å². The van der Waals surface area contributed by atoms with Gasteiger partial charge in [-0.2, -0.15) is 0 Å². The topological polar surface area (TPSA) is 52.0 Å². The van der Waals surface area contributed by atoms with Gasteiger partial charge in [0.15, 0.2) is 0 Å². The van der Waals surface area contributed by atoms with Crippen LogP contribution < -0.4 is 11.5 Å².